The van der Waals surface area contributed by atoms with Crippen molar-refractivity contribution in [2.45, 2.75) is 6.92 Å². The van der Waals surface area contributed by atoms with Crippen LogP contribution in [0.2, 0.25) is 0 Å². The second kappa shape index (κ2) is 4.35. The number of benzene rings is 1. The van der Waals surface area contributed by atoms with E-state index in [2.05, 4.69) is 11.1 Å². The number of carbonyl (C=O) groups is 1. The van der Waals surface area contributed by atoms with Crippen molar-refractivity contribution in [2.24, 2.45) is 0 Å². The van der Waals surface area contributed by atoms with E-state index in [0.717, 1.165) is 32.6 Å². The molecule has 0 atom stereocenters. The molecule has 18 heavy (non-hydrogen) atoms. The summed E-state index contributed by atoms with van der Waals surface area (Å²) in [5.41, 5.74) is 2.20. The van der Waals surface area contributed by atoms with Crippen molar-refractivity contribution in [1.82, 2.24) is 4.98 Å². The molecule has 0 amide bonds. The highest BCUT2D eigenvalue weighted by atomic mass is 32.1. The van der Waals surface area contributed by atoms with Gasteiger partial charge >= 0.3 is 0 Å². The van der Waals surface area contributed by atoms with Crippen molar-refractivity contribution < 1.29 is 4.79 Å². The fourth-order valence-corrected chi connectivity index (χ4v) is 3.02. The molecular weight excluding hydrogens is 242 g/mol. The van der Waals surface area contributed by atoms with Crippen molar-refractivity contribution in [3.05, 3.63) is 52.5 Å². The molecular formula is C15H11NOS. The normalized spacial score (nSPS) is 10.7. The highest BCUT2D eigenvalue weighted by Gasteiger charge is 2.10. The molecule has 0 saturated carbocycles. The summed E-state index contributed by atoms with van der Waals surface area (Å²) in [5.74, 6) is 0. The molecule has 1 aromatic carbocycles. The summed E-state index contributed by atoms with van der Waals surface area (Å²) in [7, 11) is 0. The zero-order valence-electron chi connectivity index (χ0n) is 9.88. The molecule has 0 spiro atoms. The number of hydrogen-bond donors (Lipinski definition) is 0. The molecule has 88 valence electrons. The minimum Gasteiger partial charge on any atom is -0.297 e. The molecule has 0 N–H and O–H groups in total. The predicted octanol–water partition coefficient (Wildman–Crippen LogP) is 4.08. The lowest BCUT2D eigenvalue weighted by atomic mass is 10.0. The quantitative estimate of drug-likeness (QED) is 0.644. The Hall–Kier alpha value is -2.00. The van der Waals surface area contributed by atoms with E-state index in [1.54, 1.807) is 0 Å². The van der Waals surface area contributed by atoms with Gasteiger partial charge in [-0.05, 0) is 23.9 Å². The van der Waals surface area contributed by atoms with Crippen LogP contribution in [-0.2, 0) is 0 Å². The Morgan fingerprint density at radius 3 is 2.78 bits per heavy atom. The average molecular weight is 253 g/mol. The molecule has 3 aromatic rings. The fourth-order valence-electron chi connectivity index (χ4n) is 2.16. The number of carbonyl (C=O) groups excluding carboxylic acids is 1. The number of fused-ring (bicyclic) bond motifs is 1. The zero-order chi connectivity index (χ0) is 12.5. The van der Waals surface area contributed by atoms with Gasteiger partial charge in [-0.1, -0.05) is 24.3 Å². The standard InChI is InChI=1S/C15H11NOS/c1-10-14(6-12(9-17)18-10)15-8-16-7-11-4-2-3-5-13(11)15/h2-9H,1H3. The molecule has 0 aliphatic carbocycles. The SMILES string of the molecule is Cc1sc(C=O)cc1-c1cncc2ccccc12. The van der Waals surface area contributed by atoms with Crippen LogP contribution in [0.5, 0.6) is 0 Å². The maximum atomic E-state index is 10.9. The number of aromatic nitrogens is 1. The second-order valence-corrected chi connectivity index (χ2v) is 5.43. The highest BCUT2D eigenvalue weighted by molar-refractivity contribution is 7.14. The summed E-state index contributed by atoms with van der Waals surface area (Å²) in [4.78, 5) is 17.1. The molecule has 3 heteroatoms. The molecule has 2 heterocycles. The smallest absolute Gasteiger partial charge is 0.160 e. The van der Waals surface area contributed by atoms with Gasteiger partial charge in [0.1, 0.15) is 0 Å². The summed E-state index contributed by atoms with van der Waals surface area (Å²) in [6.07, 6.45) is 4.63. The molecule has 0 aliphatic heterocycles. The van der Waals surface area contributed by atoms with Crippen LogP contribution in [0.4, 0.5) is 0 Å². The van der Waals surface area contributed by atoms with Gasteiger partial charge in [0, 0.05) is 28.2 Å². The lowest BCUT2D eigenvalue weighted by Gasteiger charge is -2.05. The highest BCUT2D eigenvalue weighted by Crippen LogP contribution is 2.34. The summed E-state index contributed by atoms with van der Waals surface area (Å²) in [5, 5.41) is 2.29. The molecule has 0 bridgehead atoms. The summed E-state index contributed by atoms with van der Waals surface area (Å²) >= 11 is 1.52. The topological polar surface area (TPSA) is 30.0 Å². The summed E-state index contributed by atoms with van der Waals surface area (Å²) < 4.78 is 0. The van der Waals surface area contributed by atoms with Gasteiger partial charge in [0.2, 0.25) is 0 Å². The third-order valence-electron chi connectivity index (χ3n) is 3.01. The number of nitrogens with zero attached hydrogens (tertiary/aromatic N) is 1. The van der Waals surface area contributed by atoms with Crippen molar-refractivity contribution in [3.8, 4) is 11.1 Å². The number of pyridine rings is 1. The second-order valence-electron chi connectivity index (χ2n) is 4.14. The van der Waals surface area contributed by atoms with Gasteiger partial charge in [0.25, 0.3) is 0 Å². The van der Waals surface area contributed by atoms with Crippen molar-refractivity contribution >= 4 is 28.4 Å². The molecule has 0 aliphatic rings. The number of aryl methyl sites for hydroxylation is 1. The van der Waals surface area contributed by atoms with E-state index >= 15 is 0 Å². The molecule has 3 rings (SSSR count). The minimum atomic E-state index is 0.760. The van der Waals surface area contributed by atoms with Crippen LogP contribution in [0.3, 0.4) is 0 Å². The first-order valence-electron chi connectivity index (χ1n) is 5.68. The van der Waals surface area contributed by atoms with E-state index in [-0.39, 0.29) is 0 Å². The largest absolute Gasteiger partial charge is 0.297 e. The van der Waals surface area contributed by atoms with E-state index in [4.69, 9.17) is 0 Å². The van der Waals surface area contributed by atoms with E-state index in [0.29, 0.717) is 0 Å². The van der Waals surface area contributed by atoms with Crippen LogP contribution in [-0.4, -0.2) is 11.3 Å². The van der Waals surface area contributed by atoms with E-state index in [1.807, 2.05) is 43.6 Å². The molecule has 0 radical (unpaired) electrons. The van der Waals surface area contributed by atoms with Gasteiger partial charge in [0.05, 0.1) is 4.88 Å². The Bertz CT molecular complexity index is 725. The van der Waals surface area contributed by atoms with Crippen LogP contribution in [0.25, 0.3) is 21.9 Å². The molecule has 0 fully saturated rings. The lowest BCUT2D eigenvalue weighted by molar-refractivity contribution is 0.112. The fraction of sp³-hybridized carbons (Fsp3) is 0.0667. The summed E-state index contributed by atoms with van der Waals surface area (Å²) in [6.45, 7) is 2.04. The number of thiophene rings is 1. The third kappa shape index (κ3) is 1.73. The first-order chi connectivity index (χ1) is 8.79. The maximum absolute atomic E-state index is 10.9. The third-order valence-corrected chi connectivity index (χ3v) is 3.99. The number of hydrogen-bond acceptors (Lipinski definition) is 3. The van der Waals surface area contributed by atoms with Crippen LogP contribution >= 0.6 is 11.3 Å². The molecule has 0 unspecified atom stereocenters. The van der Waals surface area contributed by atoms with E-state index in [9.17, 15) is 4.79 Å². The Kier molecular flexibility index (Phi) is 2.68. The van der Waals surface area contributed by atoms with Crippen LogP contribution in [0.15, 0.2) is 42.7 Å². The zero-order valence-corrected chi connectivity index (χ0v) is 10.7. The molecule has 0 saturated heterocycles. The van der Waals surface area contributed by atoms with Crippen molar-refractivity contribution in [3.63, 3.8) is 0 Å². The molecule has 2 aromatic heterocycles. The van der Waals surface area contributed by atoms with Crippen LogP contribution in [0, 0.1) is 6.92 Å². The van der Waals surface area contributed by atoms with Gasteiger partial charge in [-0.15, -0.1) is 11.3 Å². The van der Waals surface area contributed by atoms with Crippen LogP contribution in [0.1, 0.15) is 14.5 Å². The predicted molar refractivity (Wildman–Crippen MR) is 75.2 cm³/mol. The van der Waals surface area contributed by atoms with Crippen LogP contribution < -0.4 is 0 Å². The molecule has 2 nitrogen and oxygen atoms in total. The van der Waals surface area contributed by atoms with Gasteiger partial charge in [-0.3, -0.25) is 9.78 Å². The lowest BCUT2D eigenvalue weighted by Crippen LogP contribution is -1.83. The Morgan fingerprint density at radius 2 is 2.00 bits per heavy atom. The van der Waals surface area contributed by atoms with Gasteiger partial charge < -0.3 is 0 Å². The van der Waals surface area contributed by atoms with Crippen molar-refractivity contribution in [1.29, 1.82) is 0 Å². The Labute approximate surface area is 109 Å². The average Bonchev–Trinajstić information content (AvgIpc) is 2.79. The number of rotatable bonds is 2. The van der Waals surface area contributed by atoms with Gasteiger partial charge in [-0.25, -0.2) is 0 Å². The van der Waals surface area contributed by atoms with E-state index < -0.39 is 0 Å². The first kappa shape index (κ1) is 11.1. The Balaban J connectivity index is 2.31. The maximum Gasteiger partial charge on any atom is 0.160 e. The first-order valence-corrected chi connectivity index (χ1v) is 6.50. The van der Waals surface area contributed by atoms with Gasteiger partial charge in [-0.2, -0.15) is 0 Å². The van der Waals surface area contributed by atoms with Gasteiger partial charge in [0.15, 0.2) is 6.29 Å². The van der Waals surface area contributed by atoms with E-state index in [1.165, 1.54) is 16.7 Å². The monoisotopic (exact) mass is 253 g/mol. The summed E-state index contributed by atoms with van der Waals surface area (Å²) in [6, 6.07) is 10.1. The minimum absolute atomic E-state index is 0.760. The Morgan fingerprint density at radius 1 is 1.17 bits per heavy atom. The van der Waals surface area contributed by atoms with Crippen molar-refractivity contribution in [2.75, 3.05) is 0 Å². The number of aldehydes is 1.